The van der Waals surface area contributed by atoms with Gasteiger partial charge in [-0.15, -0.1) is 0 Å². The van der Waals surface area contributed by atoms with Crippen molar-refractivity contribution in [2.75, 3.05) is 7.11 Å². The molecule has 4 heteroatoms. The van der Waals surface area contributed by atoms with Crippen molar-refractivity contribution in [2.24, 2.45) is 0 Å². The molecule has 1 saturated carbocycles. The number of aryl methyl sites for hydroxylation is 1. The van der Waals surface area contributed by atoms with Crippen molar-refractivity contribution in [2.45, 2.75) is 70.1 Å². The maximum Gasteiger partial charge on any atom is 0.212 e. The molecule has 0 saturated heterocycles. The van der Waals surface area contributed by atoms with Gasteiger partial charge in [-0.3, -0.25) is 4.98 Å². The van der Waals surface area contributed by atoms with E-state index in [1.54, 1.807) is 7.11 Å². The number of methoxy groups -OCH3 is 1. The van der Waals surface area contributed by atoms with E-state index in [0.717, 1.165) is 48.1 Å². The number of pyridine rings is 2. The predicted octanol–water partition coefficient (Wildman–Crippen LogP) is 5.34. The Hall–Kier alpha value is -2.41. The number of rotatable bonds is 3. The van der Waals surface area contributed by atoms with Crippen LogP contribution in [-0.2, 0) is 12.8 Å². The summed E-state index contributed by atoms with van der Waals surface area (Å²) in [5, 5.41) is 10.1. The lowest BCUT2D eigenvalue weighted by Crippen LogP contribution is -2.13. The summed E-state index contributed by atoms with van der Waals surface area (Å²) in [6, 6.07) is 6.47. The Kier molecular flexibility index (Phi) is 5.38. The SMILES string of the molecule is COc1ccc(-c2c(C#N)c(C3CCCCC3)nc3c2CCCCC3)cn1. The second-order valence-electron chi connectivity index (χ2n) is 7.77. The lowest BCUT2D eigenvalue weighted by molar-refractivity contribution is 0.398. The van der Waals surface area contributed by atoms with E-state index < -0.39 is 0 Å². The topological polar surface area (TPSA) is 58.8 Å². The van der Waals surface area contributed by atoms with Crippen LogP contribution in [0.4, 0.5) is 0 Å². The molecule has 0 unspecified atom stereocenters. The minimum absolute atomic E-state index is 0.423. The summed E-state index contributed by atoms with van der Waals surface area (Å²) in [5.41, 5.74) is 6.43. The third-order valence-electron chi connectivity index (χ3n) is 6.09. The fraction of sp³-hybridized carbons (Fsp3) is 0.522. The van der Waals surface area contributed by atoms with E-state index in [2.05, 4.69) is 11.1 Å². The summed E-state index contributed by atoms with van der Waals surface area (Å²) < 4.78 is 5.22. The lowest BCUT2D eigenvalue weighted by atomic mass is 9.82. The molecule has 2 aromatic rings. The number of hydrogen-bond acceptors (Lipinski definition) is 4. The normalized spacial score (nSPS) is 17.6. The van der Waals surface area contributed by atoms with Crippen LogP contribution >= 0.6 is 0 Å². The lowest BCUT2D eigenvalue weighted by Gasteiger charge is -2.25. The summed E-state index contributed by atoms with van der Waals surface area (Å²) >= 11 is 0. The van der Waals surface area contributed by atoms with Crippen molar-refractivity contribution < 1.29 is 4.74 Å². The molecule has 27 heavy (non-hydrogen) atoms. The van der Waals surface area contributed by atoms with E-state index in [4.69, 9.17) is 9.72 Å². The first-order chi connectivity index (χ1) is 13.3. The molecule has 0 aliphatic heterocycles. The minimum atomic E-state index is 0.423. The van der Waals surface area contributed by atoms with Crippen molar-refractivity contribution in [3.05, 3.63) is 40.8 Å². The molecule has 0 spiro atoms. The standard InChI is InChI=1S/C23H27N3O/c1-27-21-13-12-17(15-25-21)22-18-10-6-3-7-11-20(18)26-23(19(22)14-24)16-8-4-2-5-9-16/h12-13,15-16H,2-11H2,1H3. The van der Waals surface area contributed by atoms with Crippen LogP contribution in [0.25, 0.3) is 11.1 Å². The second-order valence-corrected chi connectivity index (χ2v) is 7.77. The highest BCUT2D eigenvalue weighted by molar-refractivity contribution is 5.75. The van der Waals surface area contributed by atoms with Gasteiger partial charge in [-0.05, 0) is 50.2 Å². The van der Waals surface area contributed by atoms with Gasteiger partial charge < -0.3 is 4.74 Å². The monoisotopic (exact) mass is 361 g/mol. The average molecular weight is 361 g/mol. The van der Waals surface area contributed by atoms with Gasteiger partial charge in [-0.1, -0.05) is 25.7 Å². The summed E-state index contributed by atoms with van der Waals surface area (Å²) in [5.74, 6) is 1.02. The summed E-state index contributed by atoms with van der Waals surface area (Å²) in [6.07, 6.45) is 13.6. The van der Waals surface area contributed by atoms with Gasteiger partial charge >= 0.3 is 0 Å². The Morgan fingerprint density at radius 2 is 1.81 bits per heavy atom. The molecule has 2 aliphatic carbocycles. The first-order valence-corrected chi connectivity index (χ1v) is 10.3. The van der Waals surface area contributed by atoms with Crippen LogP contribution < -0.4 is 4.74 Å². The maximum atomic E-state index is 10.1. The highest BCUT2D eigenvalue weighted by Crippen LogP contribution is 2.40. The van der Waals surface area contributed by atoms with Crippen LogP contribution in [0.2, 0.25) is 0 Å². The Morgan fingerprint density at radius 3 is 2.52 bits per heavy atom. The van der Waals surface area contributed by atoms with Crippen LogP contribution in [0, 0.1) is 11.3 Å². The van der Waals surface area contributed by atoms with Gasteiger partial charge in [0.05, 0.1) is 18.4 Å². The number of nitriles is 1. The van der Waals surface area contributed by atoms with Gasteiger partial charge in [0.25, 0.3) is 0 Å². The quantitative estimate of drug-likeness (QED) is 0.692. The molecule has 2 aromatic heterocycles. The van der Waals surface area contributed by atoms with Gasteiger partial charge in [-0.25, -0.2) is 4.98 Å². The van der Waals surface area contributed by atoms with Gasteiger partial charge in [0, 0.05) is 35.0 Å². The zero-order valence-electron chi connectivity index (χ0n) is 16.1. The number of aromatic nitrogens is 2. The smallest absolute Gasteiger partial charge is 0.212 e. The van der Waals surface area contributed by atoms with Crippen LogP contribution in [0.15, 0.2) is 18.3 Å². The summed E-state index contributed by atoms with van der Waals surface area (Å²) in [4.78, 5) is 9.53. The molecule has 0 N–H and O–H groups in total. The van der Waals surface area contributed by atoms with E-state index in [9.17, 15) is 5.26 Å². The van der Waals surface area contributed by atoms with E-state index in [1.807, 2.05) is 18.3 Å². The maximum absolute atomic E-state index is 10.1. The highest BCUT2D eigenvalue weighted by Gasteiger charge is 2.27. The van der Waals surface area contributed by atoms with Crippen molar-refractivity contribution in [1.82, 2.24) is 9.97 Å². The molecular formula is C23H27N3O. The van der Waals surface area contributed by atoms with Crippen molar-refractivity contribution in [3.63, 3.8) is 0 Å². The molecule has 0 radical (unpaired) electrons. The summed E-state index contributed by atoms with van der Waals surface area (Å²) in [7, 11) is 1.63. The Balaban J connectivity index is 1.91. The van der Waals surface area contributed by atoms with Crippen molar-refractivity contribution in [1.29, 1.82) is 5.26 Å². The molecule has 140 valence electrons. The number of fused-ring (bicyclic) bond motifs is 1. The molecule has 0 aromatic carbocycles. The molecule has 0 amide bonds. The van der Waals surface area contributed by atoms with Crippen molar-refractivity contribution in [3.8, 4) is 23.1 Å². The Bertz CT molecular complexity index is 845. The summed E-state index contributed by atoms with van der Waals surface area (Å²) in [6.45, 7) is 0. The number of nitrogens with zero attached hydrogens (tertiary/aromatic N) is 3. The highest BCUT2D eigenvalue weighted by atomic mass is 16.5. The van der Waals surface area contributed by atoms with E-state index in [-0.39, 0.29) is 0 Å². The molecule has 0 atom stereocenters. The number of ether oxygens (including phenoxy) is 1. The first-order valence-electron chi connectivity index (χ1n) is 10.3. The van der Waals surface area contributed by atoms with Gasteiger partial charge in [0.1, 0.15) is 6.07 Å². The molecule has 1 fully saturated rings. The molecule has 4 rings (SSSR count). The average Bonchev–Trinajstić information content (AvgIpc) is 2.98. The molecule has 4 nitrogen and oxygen atoms in total. The fourth-order valence-electron chi connectivity index (χ4n) is 4.69. The molecule has 2 heterocycles. The molecular weight excluding hydrogens is 334 g/mol. The third kappa shape index (κ3) is 3.56. The molecule has 2 aliphatic rings. The van der Waals surface area contributed by atoms with Crippen LogP contribution in [0.1, 0.15) is 79.8 Å². The van der Waals surface area contributed by atoms with Gasteiger partial charge in [0.2, 0.25) is 5.88 Å². The third-order valence-corrected chi connectivity index (χ3v) is 6.09. The van der Waals surface area contributed by atoms with Gasteiger partial charge in [-0.2, -0.15) is 5.26 Å². The zero-order valence-corrected chi connectivity index (χ0v) is 16.1. The van der Waals surface area contributed by atoms with Crippen LogP contribution in [-0.4, -0.2) is 17.1 Å². The van der Waals surface area contributed by atoms with E-state index >= 15 is 0 Å². The largest absolute Gasteiger partial charge is 0.481 e. The predicted molar refractivity (Wildman–Crippen MR) is 106 cm³/mol. The molecule has 0 bridgehead atoms. The Morgan fingerprint density at radius 1 is 1.04 bits per heavy atom. The van der Waals surface area contributed by atoms with E-state index in [0.29, 0.717) is 11.8 Å². The zero-order chi connectivity index (χ0) is 18.6. The fourth-order valence-corrected chi connectivity index (χ4v) is 4.69. The van der Waals surface area contributed by atoms with Crippen LogP contribution in [0.5, 0.6) is 5.88 Å². The second kappa shape index (κ2) is 8.08. The van der Waals surface area contributed by atoms with Crippen molar-refractivity contribution >= 4 is 0 Å². The number of hydrogen-bond donors (Lipinski definition) is 0. The Labute approximate surface area is 161 Å². The van der Waals surface area contributed by atoms with E-state index in [1.165, 1.54) is 49.8 Å². The first kappa shape index (κ1) is 18.0. The minimum Gasteiger partial charge on any atom is -0.481 e. The van der Waals surface area contributed by atoms with Crippen LogP contribution in [0.3, 0.4) is 0 Å². The van der Waals surface area contributed by atoms with Gasteiger partial charge in [0.15, 0.2) is 0 Å².